The zero-order chi connectivity index (χ0) is 27.1. The Bertz CT molecular complexity index is 1440. The molecule has 4 aliphatic carbocycles. The van der Waals surface area contributed by atoms with Gasteiger partial charge in [0, 0.05) is 0 Å². The van der Waals surface area contributed by atoms with Crippen LogP contribution in [-0.4, -0.2) is 30.5 Å². The van der Waals surface area contributed by atoms with E-state index in [4.69, 9.17) is 0 Å². The minimum atomic E-state index is -2.21. The van der Waals surface area contributed by atoms with E-state index in [2.05, 4.69) is 36.4 Å². The Balaban J connectivity index is 1.29. The number of aromatic nitrogens is 5. The Morgan fingerprint density at radius 3 is 2.18 bits per heavy atom. The quantitative estimate of drug-likeness (QED) is 0.238. The zero-order valence-corrected chi connectivity index (χ0v) is 22.2. The van der Waals surface area contributed by atoms with Gasteiger partial charge in [-0.1, -0.05) is 0 Å². The SMILES string of the molecule is Cc1nn(Cc2c(F)c(F)c(F)c(F)c2F)c(C)c1NC(=O)C12CC3CC(C1)CC(n1cnc(Br)n1)(C3)C2. The van der Waals surface area contributed by atoms with Crippen LogP contribution < -0.4 is 5.32 Å². The number of carbonyl (C=O) groups is 1. The number of halogens is 6. The van der Waals surface area contributed by atoms with E-state index < -0.39 is 46.6 Å². The van der Waals surface area contributed by atoms with Gasteiger partial charge in [-0.15, -0.1) is 5.10 Å². The van der Waals surface area contributed by atoms with E-state index in [1.54, 1.807) is 20.2 Å². The van der Waals surface area contributed by atoms with Crippen molar-refractivity contribution < 1.29 is 26.7 Å². The molecule has 13 heteroatoms. The number of anilines is 1. The van der Waals surface area contributed by atoms with E-state index in [1.807, 2.05) is 4.68 Å². The number of hydrogen-bond donors (Lipinski definition) is 1. The molecule has 202 valence electrons. The molecular weight excluding hydrogens is 575 g/mol. The van der Waals surface area contributed by atoms with Crippen molar-refractivity contribution in [3.05, 3.63) is 57.1 Å². The Morgan fingerprint density at radius 2 is 1.61 bits per heavy atom. The molecule has 0 radical (unpaired) electrons. The fraction of sp³-hybridized carbons (Fsp3) is 0.520. The number of nitrogens with zero attached hydrogens (tertiary/aromatic N) is 5. The first-order chi connectivity index (χ1) is 17.9. The summed E-state index contributed by atoms with van der Waals surface area (Å²) < 4.78 is 73.0. The van der Waals surface area contributed by atoms with Gasteiger partial charge in [-0.25, -0.2) is 31.6 Å². The average Bonchev–Trinajstić information content (AvgIpc) is 3.42. The molecule has 0 aliphatic heterocycles. The molecule has 2 atom stereocenters. The van der Waals surface area contributed by atoms with Crippen LogP contribution >= 0.6 is 15.9 Å². The van der Waals surface area contributed by atoms with Gasteiger partial charge in [0.2, 0.25) is 16.5 Å². The lowest BCUT2D eigenvalue weighted by molar-refractivity contribution is -0.150. The minimum Gasteiger partial charge on any atom is -0.322 e. The third-order valence-corrected chi connectivity index (χ3v) is 9.05. The molecule has 2 unspecified atom stereocenters. The maximum atomic E-state index is 14.3. The maximum absolute atomic E-state index is 14.3. The van der Waals surface area contributed by atoms with Gasteiger partial charge >= 0.3 is 0 Å². The van der Waals surface area contributed by atoms with Crippen LogP contribution in [0, 0.1) is 60.2 Å². The van der Waals surface area contributed by atoms with Crippen molar-refractivity contribution in [1.82, 2.24) is 24.5 Å². The van der Waals surface area contributed by atoms with E-state index in [-0.39, 0.29) is 11.4 Å². The third-order valence-electron chi connectivity index (χ3n) is 8.69. The Labute approximate surface area is 222 Å². The zero-order valence-electron chi connectivity index (χ0n) is 20.6. The molecule has 4 fully saturated rings. The summed E-state index contributed by atoms with van der Waals surface area (Å²) in [4.78, 5) is 18.1. The minimum absolute atomic E-state index is 0.155. The standard InChI is InChI=1S/C25H24BrF5N6O/c1-11-21(12(2)36(34-11)8-15-16(27)18(29)20(31)19(30)17(15)28)33-22(38)24-4-13-3-14(5-24)7-25(6-13,9-24)37-10-32-23(26)35-37/h10,13-14H,3-9H2,1-2H3,(H,33,38). The predicted molar refractivity (Wildman–Crippen MR) is 128 cm³/mol. The highest BCUT2D eigenvalue weighted by atomic mass is 79.9. The first-order valence-corrected chi connectivity index (χ1v) is 13.2. The second-order valence-corrected chi connectivity index (χ2v) is 11.8. The molecule has 7 rings (SSSR count). The molecule has 0 saturated heterocycles. The molecular formula is C25H24BrF5N6O. The van der Waals surface area contributed by atoms with Gasteiger partial charge in [0.1, 0.15) is 6.33 Å². The molecule has 4 saturated carbocycles. The van der Waals surface area contributed by atoms with Crippen LogP contribution in [0.5, 0.6) is 0 Å². The summed E-state index contributed by atoms with van der Waals surface area (Å²) >= 11 is 3.32. The van der Waals surface area contributed by atoms with Gasteiger partial charge in [0.25, 0.3) is 0 Å². The summed E-state index contributed by atoms with van der Waals surface area (Å²) in [6, 6.07) is 0. The summed E-state index contributed by atoms with van der Waals surface area (Å²) in [5.74, 6) is -9.44. The van der Waals surface area contributed by atoms with Gasteiger partial charge < -0.3 is 5.32 Å². The van der Waals surface area contributed by atoms with Crippen LogP contribution in [0.2, 0.25) is 0 Å². The lowest BCUT2D eigenvalue weighted by atomic mass is 9.46. The highest BCUT2D eigenvalue weighted by molar-refractivity contribution is 9.10. The number of benzene rings is 1. The largest absolute Gasteiger partial charge is 0.322 e. The van der Waals surface area contributed by atoms with E-state index in [1.165, 1.54) is 0 Å². The van der Waals surface area contributed by atoms with E-state index in [9.17, 15) is 26.7 Å². The van der Waals surface area contributed by atoms with Gasteiger partial charge in [0.15, 0.2) is 23.3 Å². The van der Waals surface area contributed by atoms with Crippen LogP contribution in [0.15, 0.2) is 11.1 Å². The third kappa shape index (κ3) is 3.71. The summed E-state index contributed by atoms with van der Waals surface area (Å²) in [6.07, 6.45) is 6.78. The Kier molecular flexibility index (Phi) is 5.75. The summed E-state index contributed by atoms with van der Waals surface area (Å²) in [7, 11) is 0. The highest BCUT2D eigenvalue weighted by Crippen LogP contribution is 2.64. The maximum Gasteiger partial charge on any atom is 0.230 e. The topological polar surface area (TPSA) is 77.6 Å². The van der Waals surface area contributed by atoms with Gasteiger partial charge in [-0.2, -0.15) is 5.10 Å². The van der Waals surface area contributed by atoms with Crippen LogP contribution in [0.1, 0.15) is 55.5 Å². The second kappa shape index (κ2) is 8.59. The molecule has 1 aromatic carbocycles. The number of nitrogens with one attached hydrogen (secondary N) is 1. The molecule has 0 spiro atoms. The summed E-state index contributed by atoms with van der Waals surface area (Å²) in [5.41, 5.74) is -0.816. The molecule has 1 N–H and O–H groups in total. The Morgan fingerprint density at radius 1 is 1.00 bits per heavy atom. The predicted octanol–water partition coefficient (Wildman–Crippen LogP) is 5.53. The lowest BCUT2D eigenvalue weighted by Gasteiger charge is -2.60. The van der Waals surface area contributed by atoms with Crippen molar-refractivity contribution in [2.45, 2.75) is 64.5 Å². The van der Waals surface area contributed by atoms with Crippen LogP contribution in [0.3, 0.4) is 0 Å². The normalized spacial score (nSPS) is 27.8. The molecule has 4 bridgehead atoms. The summed E-state index contributed by atoms with van der Waals surface area (Å²) in [6.45, 7) is 2.51. The van der Waals surface area contributed by atoms with Crippen molar-refractivity contribution in [2.24, 2.45) is 17.3 Å². The second-order valence-electron chi connectivity index (χ2n) is 11.1. The smallest absolute Gasteiger partial charge is 0.230 e. The van der Waals surface area contributed by atoms with E-state index in [0.717, 1.165) is 36.8 Å². The van der Waals surface area contributed by atoms with E-state index in [0.29, 0.717) is 40.1 Å². The van der Waals surface area contributed by atoms with Gasteiger partial charge in [-0.05, 0) is 80.1 Å². The number of carbonyl (C=O) groups excluding carboxylic acids is 1. The molecule has 1 amide bonds. The highest BCUT2D eigenvalue weighted by Gasteiger charge is 2.61. The number of aryl methyl sites for hydroxylation is 1. The molecule has 4 aliphatic rings. The molecule has 2 aromatic heterocycles. The van der Waals surface area contributed by atoms with Crippen molar-refractivity contribution >= 4 is 27.5 Å². The average molecular weight is 599 g/mol. The molecule has 38 heavy (non-hydrogen) atoms. The Hall–Kier alpha value is -2.83. The fourth-order valence-electron chi connectivity index (χ4n) is 7.44. The fourth-order valence-corrected chi connectivity index (χ4v) is 7.70. The van der Waals surface area contributed by atoms with Crippen molar-refractivity contribution in [2.75, 3.05) is 5.32 Å². The summed E-state index contributed by atoms with van der Waals surface area (Å²) in [5, 5.41) is 11.8. The number of hydrogen-bond acceptors (Lipinski definition) is 4. The monoisotopic (exact) mass is 598 g/mol. The van der Waals surface area contributed by atoms with E-state index >= 15 is 0 Å². The molecule has 3 aromatic rings. The lowest BCUT2D eigenvalue weighted by Crippen LogP contribution is -2.60. The molecule has 7 nitrogen and oxygen atoms in total. The van der Waals surface area contributed by atoms with Gasteiger partial charge in [-0.3, -0.25) is 9.48 Å². The first kappa shape index (κ1) is 25.4. The number of amides is 1. The first-order valence-electron chi connectivity index (χ1n) is 12.4. The van der Waals surface area contributed by atoms with Gasteiger partial charge in [0.05, 0.1) is 40.1 Å². The number of rotatable bonds is 5. The molecule has 2 heterocycles. The van der Waals surface area contributed by atoms with Crippen molar-refractivity contribution in [3.8, 4) is 0 Å². The van der Waals surface area contributed by atoms with Crippen LogP contribution in [-0.2, 0) is 16.9 Å². The van der Waals surface area contributed by atoms with Crippen LogP contribution in [0.25, 0.3) is 0 Å². The van der Waals surface area contributed by atoms with Crippen LogP contribution in [0.4, 0.5) is 27.6 Å². The van der Waals surface area contributed by atoms with Crippen molar-refractivity contribution in [3.63, 3.8) is 0 Å². The van der Waals surface area contributed by atoms with Crippen molar-refractivity contribution in [1.29, 1.82) is 0 Å².